The smallest absolute Gasteiger partial charge is 0.339 e. The van der Waals surface area contributed by atoms with E-state index in [0.717, 1.165) is 10.6 Å². The maximum Gasteiger partial charge on any atom is 0.339 e. The Morgan fingerprint density at radius 1 is 1.03 bits per heavy atom. The number of carbonyl (C=O) groups is 2. The third-order valence-electron chi connectivity index (χ3n) is 5.62. The maximum absolute atomic E-state index is 13.3. The van der Waals surface area contributed by atoms with Crippen LogP contribution in [0, 0.1) is 6.92 Å². The molecule has 0 radical (unpaired) electrons. The van der Waals surface area contributed by atoms with Gasteiger partial charge in [0.2, 0.25) is 0 Å². The molecule has 0 atom stereocenters. The van der Waals surface area contributed by atoms with Gasteiger partial charge in [0.25, 0.3) is 5.91 Å². The number of aryl methyl sites for hydroxylation is 1. The Morgan fingerprint density at radius 3 is 2.39 bits per heavy atom. The molecule has 188 valence electrons. The van der Waals surface area contributed by atoms with Crippen LogP contribution in [0.3, 0.4) is 0 Å². The Labute approximate surface area is 213 Å². The monoisotopic (exact) mass is 508 g/mol. The van der Waals surface area contributed by atoms with E-state index in [1.165, 1.54) is 11.3 Å². The number of hydrogen-bond acceptors (Lipinski definition) is 8. The number of fused-ring (bicyclic) bond motifs is 1. The topological polar surface area (TPSA) is 95.8 Å². The molecule has 3 aromatic heterocycles. The van der Waals surface area contributed by atoms with Gasteiger partial charge in [-0.15, -0.1) is 11.3 Å². The zero-order chi connectivity index (χ0) is 25.5. The summed E-state index contributed by atoms with van der Waals surface area (Å²) in [4.78, 5) is 33.4. The van der Waals surface area contributed by atoms with Gasteiger partial charge >= 0.3 is 5.97 Å². The first-order valence-corrected chi connectivity index (χ1v) is 12.3. The molecule has 0 aliphatic carbocycles. The lowest BCUT2D eigenvalue weighted by Gasteiger charge is -2.21. The van der Waals surface area contributed by atoms with Crippen LogP contribution in [0.25, 0.3) is 27.3 Å². The lowest BCUT2D eigenvalue weighted by Crippen LogP contribution is -2.39. The summed E-state index contributed by atoms with van der Waals surface area (Å²) in [7, 11) is 3.13. The highest BCUT2D eigenvalue weighted by Crippen LogP contribution is 2.31. The number of pyridine rings is 1. The third kappa shape index (κ3) is 5.62. The van der Waals surface area contributed by atoms with Crippen molar-refractivity contribution >= 4 is 34.2 Å². The Kier molecular flexibility index (Phi) is 8.42. The van der Waals surface area contributed by atoms with E-state index in [-0.39, 0.29) is 5.91 Å². The molecule has 4 aromatic rings. The van der Waals surface area contributed by atoms with Gasteiger partial charge in [0.05, 0.1) is 46.1 Å². The van der Waals surface area contributed by atoms with Crippen molar-refractivity contribution < 1.29 is 23.8 Å². The van der Waals surface area contributed by atoms with Gasteiger partial charge in [-0.3, -0.25) is 4.79 Å². The lowest BCUT2D eigenvalue weighted by molar-refractivity contribution is -0.135. The van der Waals surface area contributed by atoms with Crippen molar-refractivity contribution in [3.63, 3.8) is 0 Å². The molecule has 1 aromatic carbocycles. The van der Waals surface area contributed by atoms with Crippen LogP contribution in [-0.4, -0.2) is 78.7 Å². The first-order chi connectivity index (χ1) is 17.5. The van der Waals surface area contributed by atoms with E-state index in [4.69, 9.17) is 19.2 Å². The van der Waals surface area contributed by atoms with E-state index in [9.17, 15) is 9.59 Å². The van der Waals surface area contributed by atoms with Crippen LogP contribution in [0.15, 0.2) is 53.9 Å². The van der Waals surface area contributed by atoms with Crippen LogP contribution in [-0.2, 0) is 19.0 Å². The summed E-state index contributed by atoms with van der Waals surface area (Å²) < 4.78 is 17.4. The number of rotatable bonds is 11. The predicted molar refractivity (Wildman–Crippen MR) is 138 cm³/mol. The molecule has 9 nitrogen and oxygen atoms in total. The minimum absolute atomic E-state index is 0.316. The number of methoxy groups -OCH3 is 2. The van der Waals surface area contributed by atoms with Gasteiger partial charge in [0.1, 0.15) is 0 Å². The Bertz CT molecular complexity index is 1310. The second-order valence-electron chi connectivity index (χ2n) is 8.01. The number of para-hydroxylation sites is 1. The lowest BCUT2D eigenvalue weighted by atomic mass is 10.1. The molecule has 1 amide bonds. The number of hydrogen-bond donors (Lipinski definition) is 0. The Hall–Kier alpha value is -3.60. The summed E-state index contributed by atoms with van der Waals surface area (Å²) in [5, 5.41) is 7.20. The normalized spacial score (nSPS) is 11.1. The quantitative estimate of drug-likeness (QED) is 0.285. The summed E-state index contributed by atoms with van der Waals surface area (Å²) in [5.74, 6) is -0.930. The van der Waals surface area contributed by atoms with Gasteiger partial charge in [-0.25, -0.2) is 14.5 Å². The first kappa shape index (κ1) is 25.5. The van der Waals surface area contributed by atoms with Crippen LogP contribution in [0.2, 0.25) is 0 Å². The molecule has 3 heterocycles. The van der Waals surface area contributed by atoms with Crippen LogP contribution in [0.4, 0.5) is 0 Å². The zero-order valence-corrected chi connectivity index (χ0v) is 21.3. The molecular weight excluding hydrogens is 480 g/mol. The Balaban J connectivity index is 1.68. The van der Waals surface area contributed by atoms with Crippen LogP contribution < -0.4 is 0 Å². The molecule has 36 heavy (non-hydrogen) atoms. The van der Waals surface area contributed by atoms with Crippen LogP contribution >= 0.6 is 11.3 Å². The number of thiophene rings is 1. The molecular formula is C26H28N4O5S. The zero-order valence-electron chi connectivity index (χ0n) is 20.5. The SMILES string of the molecule is COCCN(CCOC)C(=O)COC(=O)c1cc(-c2cccs2)nc2c1c(C)nn2-c1ccccc1. The number of carbonyl (C=O) groups excluding carboxylic acids is 2. The van der Waals surface area contributed by atoms with Crippen LogP contribution in [0.1, 0.15) is 16.1 Å². The molecule has 0 unspecified atom stereocenters. The number of ether oxygens (including phenoxy) is 3. The number of amides is 1. The van der Waals surface area contributed by atoms with Crippen molar-refractivity contribution in [2.45, 2.75) is 6.92 Å². The fourth-order valence-corrected chi connectivity index (χ4v) is 4.50. The summed E-state index contributed by atoms with van der Waals surface area (Å²) in [6.07, 6.45) is 0. The van der Waals surface area contributed by atoms with Crippen molar-refractivity contribution in [2.75, 3.05) is 47.1 Å². The molecule has 0 saturated carbocycles. The number of nitrogens with zero attached hydrogens (tertiary/aromatic N) is 4. The highest BCUT2D eigenvalue weighted by molar-refractivity contribution is 7.13. The van der Waals surface area contributed by atoms with Gasteiger partial charge < -0.3 is 19.1 Å². The second kappa shape index (κ2) is 11.9. The molecule has 0 spiro atoms. The minimum Gasteiger partial charge on any atom is -0.452 e. The van der Waals surface area contributed by atoms with Gasteiger partial charge in [-0.05, 0) is 36.6 Å². The van der Waals surface area contributed by atoms with Gasteiger partial charge in [0.15, 0.2) is 12.3 Å². The third-order valence-corrected chi connectivity index (χ3v) is 6.51. The van der Waals surface area contributed by atoms with Crippen molar-refractivity contribution in [1.29, 1.82) is 0 Å². The average Bonchev–Trinajstić information content (AvgIpc) is 3.56. The van der Waals surface area contributed by atoms with E-state index >= 15 is 0 Å². The molecule has 10 heteroatoms. The number of aromatic nitrogens is 3. The Morgan fingerprint density at radius 2 is 1.75 bits per heavy atom. The fourth-order valence-electron chi connectivity index (χ4n) is 3.81. The van der Waals surface area contributed by atoms with E-state index in [1.807, 2.05) is 54.8 Å². The average molecular weight is 509 g/mol. The van der Waals surface area contributed by atoms with E-state index < -0.39 is 12.6 Å². The molecule has 0 bridgehead atoms. The fraction of sp³-hybridized carbons (Fsp3) is 0.308. The van der Waals surface area contributed by atoms with Gasteiger partial charge in [-0.2, -0.15) is 5.10 Å². The predicted octanol–water partition coefficient (Wildman–Crippen LogP) is 3.74. The van der Waals surface area contributed by atoms with Crippen molar-refractivity contribution in [1.82, 2.24) is 19.7 Å². The maximum atomic E-state index is 13.3. The highest BCUT2D eigenvalue weighted by Gasteiger charge is 2.23. The minimum atomic E-state index is -0.609. The summed E-state index contributed by atoms with van der Waals surface area (Å²) in [6.45, 7) is 2.93. The molecule has 0 saturated heterocycles. The van der Waals surface area contributed by atoms with Gasteiger partial charge in [-0.1, -0.05) is 24.3 Å². The largest absolute Gasteiger partial charge is 0.452 e. The summed E-state index contributed by atoms with van der Waals surface area (Å²) >= 11 is 1.52. The summed E-state index contributed by atoms with van der Waals surface area (Å²) in [6, 6.07) is 15.2. The first-order valence-electron chi connectivity index (χ1n) is 11.5. The van der Waals surface area contributed by atoms with Crippen molar-refractivity contribution in [3.8, 4) is 16.3 Å². The summed E-state index contributed by atoms with van der Waals surface area (Å²) in [5.41, 5.74) is 2.96. The van der Waals surface area contributed by atoms with Crippen molar-refractivity contribution in [3.05, 3.63) is 65.2 Å². The van der Waals surface area contributed by atoms with Crippen LogP contribution in [0.5, 0.6) is 0 Å². The van der Waals surface area contributed by atoms with Crippen molar-refractivity contribution in [2.24, 2.45) is 0 Å². The standard InChI is InChI=1S/C26H28N4O5S/c1-18-24-20(26(32)35-17-23(31)29(11-13-33-2)12-14-34-3)16-21(22-10-7-15-36-22)27-25(24)30(28-18)19-8-5-4-6-9-19/h4-10,15-16H,11-14,17H2,1-3H3. The van der Waals surface area contributed by atoms with Gasteiger partial charge in [0, 0.05) is 27.3 Å². The molecule has 0 aliphatic rings. The molecule has 4 rings (SSSR count). The number of esters is 1. The molecule has 0 fully saturated rings. The van der Waals surface area contributed by atoms with E-state index in [2.05, 4.69) is 5.10 Å². The number of benzene rings is 1. The van der Waals surface area contributed by atoms with E-state index in [0.29, 0.717) is 54.3 Å². The molecule has 0 aliphatic heterocycles. The van der Waals surface area contributed by atoms with E-state index in [1.54, 1.807) is 29.9 Å². The molecule has 0 N–H and O–H groups in total. The second-order valence-corrected chi connectivity index (χ2v) is 8.95. The highest BCUT2D eigenvalue weighted by atomic mass is 32.1.